The summed E-state index contributed by atoms with van der Waals surface area (Å²) in [4.78, 5) is 37.8. The molecule has 0 radical (unpaired) electrons. The Morgan fingerprint density at radius 2 is 1.86 bits per heavy atom. The molecule has 1 aromatic carbocycles. The van der Waals surface area contributed by atoms with Crippen molar-refractivity contribution in [1.29, 1.82) is 0 Å². The topological polar surface area (TPSA) is 82.8 Å². The Labute approximate surface area is 162 Å². The molecule has 0 amide bonds. The summed E-state index contributed by atoms with van der Waals surface area (Å²) in [5.74, 6) is -0.973. The molecule has 0 spiro atoms. The van der Waals surface area contributed by atoms with Gasteiger partial charge >= 0.3 is 17.6 Å². The summed E-state index contributed by atoms with van der Waals surface area (Å²) >= 11 is 0. The first-order valence-corrected chi connectivity index (χ1v) is 9.49. The first-order valence-electron chi connectivity index (χ1n) is 9.49. The second-order valence-corrected chi connectivity index (χ2v) is 8.70. The van der Waals surface area contributed by atoms with E-state index in [4.69, 9.17) is 13.9 Å². The number of rotatable bonds is 3. The van der Waals surface area contributed by atoms with Crippen LogP contribution in [-0.2, 0) is 14.3 Å². The number of ether oxygens (including phenoxy) is 2. The van der Waals surface area contributed by atoms with Crippen LogP contribution in [0.3, 0.4) is 0 Å². The lowest BCUT2D eigenvalue weighted by atomic mass is 9.65. The molecule has 2 aliphatic rings. The number of esters is 2. The van der Waals surface area contributed by atoms with Gasteiger partial charge in [-0.1, -0.05) is 39.0 Å². The Bertz CT molecular complexity index is 1030. The maximum atomic E-state index is 12.8. The van der Waals surface area contributed by atoms with Crippen molar-refractivity contribution >= 4 is 22.9 Å². The molecule has 1 aromatic heterocycles. The summed E-state index contributed by atoms with van der Waals surface area (Å²) in [5.41, 5.74) is -1.90. The SMILES string of the molecule is COC(=O)[C@@]12CC[C@@](C)([C@@H](OC(=O)c3cc4ccccc4oc3=O)C1)C2(C)C. The number of hydrogen-bond donors (Lipinski definition) is 0. The third-order valence-corrected chi connectivity index (χ3v) is 7.63. The molecule has 0 aliphatic heterocycles. The lowest BCUT2D eigenvalue weighted by molar-refractivity contribution is -0.158. The van der Waals surface area contributed by atoms with Gasteiger partial charge in [0.05, 0.1) is 12.5 Å². The zero-order valence-electron chi connectivity index (χ0n) is 16.5. The first-order chi connectivity index (χ1) is 13.2. The summed E-state index contributed by atoms with van der Waals surface area (Å²) in [5, 5.41) is 0.652. The van der Waals surface area contributed by atoms with E-state index in [9.17, 15) is 14.4 Å². The van der Waals surface area contributed by atoms with E-state index < -0.39 is 28.5 Å². The van der Waals surface area contributed by atoms with Crippen LogP contribution < -0.4 is 5.63 Å². The van der Waals surface area contributed by atoms with Crippen molar-refractivity contribution in [3.8, 4) is 0 Å². The molecule has 1 heterocycles. The molecule has 2 fully saturated rings. The van der Waals surface area contributed by atoms with Crippen molar-refractivity contribution in [2.24, 2.45) is 16.2 Å². The van der Waals surface area contributed by atoms with Gasteiger partial charge in [-0.3, -0.25) is 4.79 Å². The Morgan fingerprint density at radius 1 is 1.14 bits per heavy atom. The number of benzene rings is 1. The molecular weight excluding hydrogens is 360 g/mol. The normalized spacial score (nSPS) is 30.4. The van der Waals surface area contributed by atoms with Crippen LogP contribution in [-0.4, -0.2) is 25.2 Å². The van der Waals surface area contributed by atoms with Crippen molar-refractivity contribution in [2.75, 3.05) is 7.11 Å². The third-order valence-electron chi connectivity index (χ3n) is 7.63. The molecule has 4 rings (SSSR count). The lowest BCUT2D eigenvalue weighted by Gasteiger charge is -2.39. The van der Waals surface area contributed by atoms with Gasteiger partial charge in [0.25, 0.3) is 0 Å². The van der Waals surface area contributed by atoms with Crippen molar-refractivity contribution in [1.82, 2.24) is 0 Å². The molecule has 0 unspecified atom stereocenters. The standard InChI is InChI=1S/C22H24O6/c1-20(2)21(3)9-10-22(20,19(25)26-4)12-16(21)28-18(24)14-11-13-7-5-6-8-15(13)27-17(14)23/h5-8,11,16H,9-10,12H2,1-4H3/t16-,21-,22+/m0/s1. The minimum Gasteiger partial charge on any atom is -0.469 e. The molecule has 6 nitrogen and oxygen atoms in total. The highest BCUT2D eigenvalue weighted by molar-refractivity contribution is 5.93. The van der Waals surface area contributed by atoms with Crippen LogP contribution in [0, 0.1) is 16.2 Å². The Morgan fingerprint density at radius 3 is 2.57 bits per heavy atom. The smallest absolute Gasteiger partial charge is 0.351 e. The van der Waals surface area contributed by atoms with E-state index in [-0.39, 0.29) is 16.9 Å². The fourth-order valence-corrected chi connectivity index (χ4v) is 5.31. The number of para-hydroxylation sites is 1. The zero-order valence-corrected chi connectivity index (χ0v) is 16.5. The van der Waals surface area contributed by atoms with E-state index in [0.717, 1.165) is 6.42 Å². The Balaban J connectivity index is 1.67. The molecule has 148 valence electrons. The van der Waals surface area contributed by atoms with E-state index in [1.165, 1.54) is 13.2 Å². The van der Waals surface area contributed by atoms with Crippen molar-refractivity contribution in [2.45, 2.75) is 46.1 Å². The van der Waals surface area contributed by atoms with Gasteiger partial charge in [-0.15, -0.1) is 0 Å². The monoisotopic (exact) mass is 384 g/mol. The van der Waals surface area contributed by atoms with E-state index in [1.54, 1.807) is 24.3 Å². The molecule has 28 heavy (non-hydrogen) atoms. The average Bonchev–Trinajstić information content (AvgIpc) is 2.97. The second-order valence-electron chi connectivity index (χ2n) is 8.70. The minimum atomic E-state index is -0.723. The number of hydrogen-bond acceptors (Lipinski definition) is 6. The Hall–Kier alpha value is -2.63. The molecule has 6 heteroatoms. The largest absolute Gasteiger partial charge is 0.469 e. The van der Waals surface area contributed by atoms with Crippen LogP contribution >= 0.6 is 0 Å². The van der Waals surface area contributed by atoms with Crippen molar-refractivity contribution in [3.63, 3.8) is 0 Å². The van der Waals surface area contributed by atoms with E-state index >= 15 is 0 Å². The van der Waals surface area contributed by atoms with Crippen molar-refractivity contribution < 1.29 is 23.5 Å². The predicted octanol–water partition coefficient (Wildman–Crippen LogP) is 3.71. The lowest BCUT2D eigenvalue weighted by Crippen LogP contribution is -2.41. The predicted molar refractivity (Wildman–Crippen MR) is 102 cm³/mol. The van der Waals surface area contributed by atoms with Gasteiger partial charge in [0.1, 0.15) is 17.3 Å². The fraction of sp³-hybridized carbons (Fsp3) is 0.500. The van der Waals surface area contributed by atoms with E-state index in [0.29, 0.717) is 23.8 Å². The van der Waals surface area contributed by atoms with E-state index in [2.05, 4.69) is 0 Å². The summed E-state index contributed by atoms with van der Waals surface area (Å²) in [6, 6.07) is 8.50. The molecule has 2 bridgehead atoms. The number of carbonyl (C=O) groups excluding carboxylic acids is 2. The summed E-state index contributed by atoms with van der Waals surface area (Å²) in [6.45, 7) is 6.12. The van der Waals surface area contributed by atoms with Crippen molar-refractivity contribution in [3.05, 3.63) is 46.3 Å². The van der Waals surface area contributed by atoms with Gasteiger partial charge in [0.15, 0.2) is 0 Å². The summed E-state index contributed by atoms with van der Waals surface area (Å²) in [6.07, 6.45) is 1.37. The molecule has 2 aromatic rings. The van der Waals surface area contributed by atoms with Gasteiger partial charge in [0.2, 0.25) is 0 Å². The average molecular weight is 384 g/mol. The Kier molecular flexibility index (Phi) is 3.97. The maximum absolute atomic E-state index is 12.8. The zero-order chi connectivity index (χ0) is 20.3. The number of carbonyl (C=O) groups is 2. The first kappa shape index (κ1) is 18.7. The molecule has 0 saturated heterocycles. The quantitative estimate of drug-likeness (QED) is 0.593. The fourth-order valence-electron chi connectivity index (χ4n) is 5.31. The molecule has 2 aliphatic carbocycles. The highest BCUT2D eigenvalue weighted by Gasteiger charge is 2.74. The maximum Gasteiger partial charge on any atom is 0.351 e. The van der Waals surface area contributed by atoms with Crippen LogP contribution in [0.5, 0.6) is 0 Å². The van der Waals surface area contributed by atoms with E-state index in [1.807, 2.05) is 20.8 Å². The van der Waals surface area contributed by atoms with Gasteiger partial charge in [-0.25, -0.2) is 9.59 Å². The molecular formula is C22H24O6. The van der Waals surface area contributed by atoms with Gasteiger partial charge in [-0.05, 0) is 30.4 Å². The highest BCUT2D eigenvalue weighted by atomic mass is 16.5. The summed E-state index contributed by atoms with van der Waals surface area (Å²) < 4.78 is 16.2. The second kappa shape index (κ2) is 5.93. The summed E-state index contributed by atoms with van der Waals surface area (Å²) in [7, 11) is 1.39. The molecule has 2 saturated carbocycles. The highest BCUT2D eigenvalue weighted by Crippen LogP contribution is 2.73. The van der Waals surface area contributed by atoms with Gasteiger partial charge < -0.3 is 13.9 Å². The van der Waals surface area contributed by atoms with Crippen LogP contribution in [0.1, 0.15) is 50.4 Å². The van der Waals surface area contributed by atoms with Gasteiger partial charge in [0, 0.05) is 17.2 Å². The van der Waals surface area contributed by atoms with Crippen LogP contribution in [0.2, 0.25) is 0 Å². The van der Waals surface area contributed by atoms with Crippen LogP contribution in [0.4, 0.5) is 0 Å². The van der Waals surface area contributed by atoms with Crippen LogP contribution in [0.15, 0.2) is 39.5 Å². The number of methoxy groups -OCH3 is 1. The minimum absolute atomic E-state index is 0.130. The third kappa shape index (κ3) is 2.23. The molecule has 3 atom stereocenters. The number of fused-ring (bicyclic) bond motifs is 3. The van der Waals surface area contributed by atoms with Gasteiger partial charge in [-0.2, -0.15) is 0 Å². The van der Waals surface area contributed by atoms with Crippen LogP contribution in [0.25, 0.3) is 11.0 Å². The molecule has 0 N–H and O–H groups in total.